The maximum atomic E-state index is 12.0. The Morgan fingerprint density at radius 1 is 1.23 bits per heavy atom. The second kappa shape index (κ2) is 8.82. The van der Waals surface area contributed by atoms with E-state index in [9.17, 15) is 4.79 Å². The summed E-state index contributed by atoms with van der Waals surface area (Å²) in [7, 11) is 5.00. The maximum absolute atomic E-state index is 12.0. The van der Waals surface area contributed by atoms with Crippen LogP contribution in [0.25, 0.3) is 0 Å². The van der Waals surface area contributed by atoms with Gasteiger partial charge in [-0.15, -0.1) is 12.4 Å². The molecular formula is C15H26ClN3O3. The number of benzene rings is 1. The van der Waals surface area contributed by atoms with E-state index in [1.165, 1.54) is 0 Å². The summed E-state index contributed by atoms with van der Waals surface area (Å²) >= 11 is 0. The third-order valence-corrected chi connectivity index (χ3v) is 2.73. The first-order valence-electron chi connectivity index (χ1n) is 6.74. The van der Waals surface area contributed by atoms with Crippen LogP contribution < -0.4 is 20.5 Å². The molecule has 0 aliphatic heterocycles. The molecule has 0 unspecified atom stereocenters. The molecule has 0 spiro atoms. The second-order valence-electron chi connectivity index (χ2n) is 5.81. The Hall–Kier alpha value is -1.50. The lowest BCUT2D eigenvalue weighted by Crippen LogP contribution is -2.45. The third-order valence-electron chi connectivity index (χ3n) is 2.73. The van der Waals surface area contributed by atoms with Crippen LogP contribution in [0.4, 0.5) is 5.69 Å². The van der Waals surface area contributed by atoms with Gasteiger partial charge in [-0.2, -0.15) is 0 Å². The molecule has 1 amide bonds. The van der Waals surface area contributed by atoms with Gasteiger partial charge in [0, 0.05) is 36.0 Å². The average molecular weight is 332 g/mol. The smallest absolute Gasteiger partial charge is 0.238 e. The van der Waals surface area contributed by atoms with Gasteiger partial charge < -0.3 is 20.5 Å². The number of hydrogen-bond acceptors (Lipinski definition) is 5. The average Bonchev–Trinajstić information content (AvgIpc) is 2.35. The predicted octanol–water partition coefficient (Wildman–Crippen LogP) is 1.73. The Morgan fingerprint density at radius 3 is 2.14 bits per heavy atom. The molecule has 0 saturated heterocycles. The van der Waals surface area contributed by atoms with Gasteiger partial charge in [0.05, 0.1) is 20.8 Å². The molecule has 1 rings (SSSR count). The number of methoxy groups -OCH3 is 2. The zero-order valence-corrected chi connectivity index (χ0v) is 14.6. The summed E-state index contributed by atoms with van der Waals surface area (Å²) in [6.07, 6.45) is 0. The van der Waals surface area contributed by atoms with Crippen LogP contribution in [0.15, 0.2) is 18.2 Å². The van der Waals surface area contributed by atoms with Gasteiger partial charge in [0.25, 0.3) is 0 Å². The topological polar surface area (TPSA) is 76.8 Å². The number of halogens is 1. The summed E-state index contributed by atoms with van der Waals surface area (Å²) < 4.78 is 10.3. The largest absolute Gasteiger partial charge is 0.497 e. The maximum Gasteiger partial charge on any atom is 0.238 e. The number of likely N-dealkylation sites (N-methyl/N-ethyl adjacent to an activating group) is 1. The summed E-state index contributed by atoms with van der Waals surface area (Å²) in [4.78, 5) is 13.9. The van der Waals surface area contributed by atoms with Crippen LogP contribution in [0.2, 0.25) is 0 Å². The van der Waals surface area contributed by atoms with E-state index in [0.29, 0.717) is 23.7 Å². The molecule has 0 aliphatic rings. The van der Waals surface area contributed by atoms with Crippen LogP contribution in [-0.2, 0) is 4.79 Å². The van der Waals surface area contributed by atoms with Gasteiger partial charge in [-0.3, -0.25) is 9.69 Å². The van der Waals surface area contributed by atoms with E-state index in [1.807, 2.05) is 25.8 Å². The van der Waals surface area contributed by atoms with Crippen LogP contribution in [0, 0.1) is 0 Å². The lowest BCUT2D eigenvalue weighted by Gasteiger charge is -2.25. The van der Waals surface area contributed by atoms with Crippen LogP contribution in [-0.4, -0.2) is 50.7 Å². The summed E-state index contributed by atoms with van der Waals surface area (Å²) in [5.74, 6) is 1.14. The second-order valence-corrected chi connectivity index (χ2v) is 5.81. The molecular weight excluding hydrogens is 306 g/mol. The van der Waals surface area contributed by atoms with Gasteiger partial charge in [0.1, 0.15) is 11.5 Å². The van der Waals surface area contributed by atoms with Crippen LogP contribution in [0.3, 0.4) is 0 Å². The lowest BCUT2D eigenvalue weighted by atomic mass is 10.1. The van der Waals surface area contributed by atoms with Crippen molar-refractivity contribution in [3.8, 4) is 11.5 Å². The van der Waals surface area contributed by atoms with Gasteiger partial charge in [-0.05, 0) is 20.9 Å². The normalized spacial score (nSPS) is 10.9. The molecule has 0 bridgehead atoms. The highest BCUT2D eigenvalue weighted by Gasteiger charge is 2.16. The number of carbonyl (C=O) groups is 1. The van der Waals surface area contributed by atoms with E-state index >= 15 is 0 Å². The lowest BCUT2D eigenvalue weighted by molar-refractivity contribution is -0.117. The van der Waals surface area contributed by atoms with Crippen molar-refractivity contribution in [3.63, 3.8) is 0 Å². The molecule has 6 nitrogen and oxygen atoms in total. The number of ether oxygens (including phenoxy) is 2. The number of rotatable bonds is 7. The van der Waals surface area contributed by atoms with Gasteiger partial charge in [0.15, 0.2) is 0 Å². The highest BCUT2D eigenvalue weighted by molar-refractivity contribution is 5.92. The van der Waals surface area contributed by atoms with Crippen molar-refractivity contribution >= 4 is 24.0 Å². The summed E-state index contributed by atoms with van der Waals surface area (Å²) in [6.45, 7) is 4.74. The molecule has 0 aromatic heterocycles. The summed E-state index contributed by atoms with van der Waals surface area (Å²) in [6, 6.07) is 5.24. The van der Waals surface area contributed by atoms with E-state index < -0.39 is 0 Å². The third kappa shape index (κ3) is 7.49. The number of amides is 1. The molecule has 7 heteroatoms. The number of nitrogens with zero attached hydrogens (tertiary/aromatic N) is 1. The fourth-order valence-corrected chi connectivity index (χ4v) is 2.08. The first-order valence-corrected chi connectivity index (χ1v) is 6.74. The number of nitrogens with one attached hydrogen (secondary N) is 1. The molecule has 126 valence electrons. The van der Waals surface area contributed by atoms with E-state index in [1.54, 1.807) is 32.4 Å². The van der Waals surface area contributed by atoms with Crippen molar-refractivity contribution in [1.82, 2.24) is 4.90 Å². The van der Waals surface area contributed by atoms with Crippen LogP contribution in [0.1, 0.15) is 13.8 Å². The Bertz CT molecular complexity index is 467. The highest BCUT2D eigenvalue weighted by atomic mass is 35.5. The van der Waals surface area contributed by atoms with E-state index in [2.05, 4.69) is 5.32 Å². The summed E-state index contributed by atoms with van der Waals surface area (Å²) in [5.41, 5.74) is 6.23. The number of anilines is 1. The molecule has 0 heterocycles. The van der Waals surface area contributed by atoms with Crippen molar-refractivity contribution in [2.45, 2.75) is 19.4 Å². The molecule has 1 aromatic rings. The first-order chi connectivity index (χ1) is 9.73. The van der Waals surface area contributed by atoms with Crippen LogP contribution >= 0.6 is 12.4 Å². The van der Waals surface area contributed by atoms with Gasteiger partial charge in [-0.1, -0.05) is 0 Å². The van der Waals surface area contributed by atoms with Crippen LogP contribution in [0.5, 0.6) is 11.5 Å². The minimum Gasteiger partial charge on any atom is -0.497 e. The Morgan fingerprint density at radius 2 is 1.73 bits per heavy atom. The first kappa shape index (κ1) is 20.5. The molecule has 0 atom stereocenters. The monoisotopic (exact) mass is 331 g/mol. The van der Waals surface area contributed by atoms with Crippen molar-refractivity contribution in [2.24, 2.45) is 5.73 Å². The van der Waals surface area contributed by atoms with E-state index in [4.69, 9.17) is 15.2 Å². The Balaban J connectivity index is 0.00000441. The zero-order chi connectivity index (χ0) is 16.0. The quantitative estimate of drug-likeness (QED) is 0.795. The minimum absolute atomic E-state index is 0. The molecule has 0 saturated carbocycles. The van der Waals surface area contributed by atoms with Gasteiger partial charge in [0.2, 0.25) is 5.91 Å². The molecule has 0 fully saturated rings. The van der Waals surface area contributed by atoms with Crippen molar-refractivity contribution in [3.05, 3.63) is 18.2 Å². The fourth-order valence-electron chi connectivity index (χ4n) is 2.08. The van der Waals surface area contributed by atoms with E-state index in [-0.39, 0.29) is 30.4 Å². The Labute approximate surface area is 138 Å². The van der Waals surface area contributed by atoms with Gasteiger partial charge >= 0.3 is 0 Å². The predicted molar refractivity (Wildman–Crippen MR) is 91.2 cm³/mol. The molecule has 3 N–H and O–H groups in total. The molecule has 22 heavy (non-hydrogen) atoms. The summed E-state index contributed by atoms with van der Waals surface area (Å²) in [5, 5.41) is 2.83. The number of nitrogens with two attached hydrogens (primary N) is 1. The zero-order valence-electron chi connectivity index (χ0n) is 13.8. The standard InChI is InChI=1S/C15H25N3O3.ClH/c1-15(2,16)10-18(3)9-14(19)17-11-6-12(20-4)8-13(7-11)21-5;/h6-8H,9-10,16H2,1-5H3,(H,17,19);1H. The van der Waals surface area contributed by atoms with Crippen molar-refractivity contribution in [1.29, 1.82) is 0 Å². The fraction of sp³-hybridized carbons (Fsp3) is 0.533. The highest BCUT2D eigenvalue weighted by Crippen LogP contribution is 2.25. The molecule has 1 aromatic carbocycles. The number of hydrogen-bond donors (Lipinski definition) is 2. The van der Waals surface area contributed by atoms with Gasteiger partial charge in [-0.25, -0.2) is 0 Å². The Kier molecular flexibility index (Phi) is 8.22. The molecule has 0 radical (unpaired) electrons. The minimum atomic E-state index is -0.339. The van der Waals surface area contributed by atoms with E-state index in [0.717, 1.165) is 0 Å². The number of carbonyl (C=O) groups excluding carboxylic acids is 1. The molecule has 0 aliphatic carbocycles. The SMILES string of the molecule is COc1cc(NC(=O)CN(C)CC(C)(C)N)cc(OC)c1.Cl. The van der Waals surface area contributed by atoms with Crippen molar-refractivity contribution in [2.75, 3.05) is 39.7 Å². The van der Waals surface area contributed by atoms with Crippen molar-refractivity contribution < 1.29 is 14.3 Å².